The molecule has 3 N–H and O–H groups in total. The number of hydrogen-bond acceptors (Lipinski definition) is 4. The summed E-state index contributed by atoms with van der Waals surface area (Å²) in [4.78, 5) is 4.32. The van der Waals surface area contributed by atoms with Crippen molar-refractivity contribution in [3.05, 3.63) is 53.7 Å². The van der Waals surface area contributed by atoms with Crippen molar-refractivity contribution in [2.45, 2.75) is 26.4 Å². The summed E-state index contributed by atoms with van der Waals surface area (Å²) in [7, 11) is 0. The van der Waals surface area contributed by atoms with Gasteiger partial charge in [-0.3, -0.25) is 0 Å². The van der Waals surface area contributed by atoms with E-state index in [2.05, 4.69) is 29.4 Å². The van der Waals surface area contributed by atoms with Gasteiger partial charge >= 0.3 is 0 Å². The molecule has 0 saturated carbocycles. The second-order valence-corrected chi connectivity index (χ2v) is 4.57. The summed E-state index contributed by atoms with van der Waals surface area (Å²) in [6, 6.07) is 12.1. The van der Waals surface area contributed by atoms with E-state index in [0.717, 1.165) is 23.6 Å². The maximum Gasteiger partial charge on any atom is 0.169 e. The Kier molecular flexibility index (Phi) is 5.38. The van der Waals surface area contributed by atoms with Crippen LogP contribution in [0.2, 0.25) is 0 Å². The maximum atomic E-state index is 5.67. The quantitative estimate of drug-likeness (QED) is 0.813. The molecular formula is C16H21N3O. The summed E-state index contributed by atoms with van der Waals surface area (Å²) in [5, 5.41) is 3.31. The molecule has 0 spiro atoms. The lowest BCUT2D eigenvalue weighted by Gasteiger charge is -2.11. The van der Waals surface area contributed by atoms with Crippen LogP contribution in [0.25, 0.3) is 0 Å². The number of benzene rings is 1. The van der Waals surface area contributed by atoms with E-state index in [9.17, 15) is 0 Å². The van der Waals surface area contributed by atoms with E-state index in [4.69, 9.17) is 10.5 Å². The summed E-state index contributed by atoms with van der Waals surface area (Å²) in [5.74, 6) is 1.58. The molecule has 2 aromatic rings. The Balaban J connectivity index is 1.98. The van der Waals surface area contributed by atoms with Gasteiger partial charge in [0.1, 0.15) is 0 Å². The van der Waals surface area contributed by atoms with E-state index < -0.39 is 0 Å². The Morgan fingerprint density at radius 3 is 2.60 bits per heavy atom. The van der Waals surface area contributed by atoms with Gasteiger partial charge in [-0.2, -0.15) is 0 Å². The molecular weight excluding hydrogens is 250 g/mol. The number of nitrogens with one attached hydrogen (secondary N) is 1. The topological polar surface area (TPSA) is 60.2 Å². The van der Waals surface area contributed by atoms with Crippen LogP contribution in [0.4, 0.5) is 5.82 Å². The lowest BCUT2D eigenvalue weighted by Crippen LogP contribution is -2.05. The van der Waals surface area contributed by atoms with Crippen molar-refractivity contribution < 1.29 is 4.74 Å². The van der Waals surface area contributed by atoms with Gasteiger partial charge in [-0.05, 0) is 29.7 Å². The van der Waals surface area contributed by atoms with Crippen molar-refractivity contribution in [1.29, 1.82) is 0 Å². The minimum Gasteiger partial charge on any atom is -0.490 e. The van der Waals surface area contributed by atoms with Crippen LogP contribution in [-0.4, -0.2) is 11.6 Å². The average molecular weight is 271 g/mol. The number of rotatable bonds is 7. The molecule has 4 nitrogen and oxygen atoms in total. The van der Waals surface area contributed by atoms with Gasteiger partial charge in [-0.25, -0.2) is 4.98 Å². The molecule has 0 aliphatic rings. The molecule has 0 bridgehead atoms. The van der Waals surface area contributed by atoms with Crippen LogP contribution in [-0.2, 0) is 13.1 Å². The number of pyridine rings is 1. The lowest BCUT2D eigenvalue weighted by atomic mass is 10.1. The Morgan fingerprint density at radius 2 is 1.90 bits per heavy atom. The van der Waals surface area contributed by atoms with Crippen molar-refractivity contribution in [2.75, 3.05) is 11.9 Å². The lowest BCUT2D eigenvalue weighted by molar-refractivity contribution is 0.318. The number of nitrogens with two attached hydrogens (primary N) is 1. The van der Waals surface area contributed by atoms with Crippen LogP contribution < -0.4 is 15.8 Å². The van der Waals surface area contributed by atoms with Crippen LogP contribution in [0.3, 0.4) is 0 Å². The Bertz CT molecular complexity index is 526. The molecule has 0 amide bonds. The summed E-state index contributed by atoms with van der Waals surface area (Å²) in [5.41, 5.74) is 7.92. The molecule has 0 atom stereocenters. The fraction of sp³-hybridized carbons (Fsp3) is 0.312. The van der Waals surface area contributed by atoms with Crippen molar-refractivity contribution in [3.8, 4) is 5.75 Å². The SMILES string of the molecule is CCCOc1cccnc1NCc1ccc(CN)cc1. The van der Waals surface area contributed by atoms with E-state index in [1.807, 2.05) is 24.3 Å². The molecule has 1 heterocycles. The fourth-order valence-corrected chi connectivity index (χ4v) is 1.83. The Labute approximate surface area is 120 Å². The van der Waals surface area contributed by atoms with E-state index in [1.165, 1.54) is 5.56 Å². The van der Waals surface area contributed by atoms with Gasteiger partial charge in [0.05, 0.1) is 6.61 Å². The van der Waals surface area contributed by atoms with Gasteiger partial charge in [0.25, 0.3) is 0 Å². The minimum absolute atomic E-state index is 0.572. The summed E-state index contributed by atoms with van der Waals surface area (Å²) in [6.07, 6.45) is 2.74. The molecule has 0 aliphatic heterocycles. The number of ether oxygens (including phenoxy) is 1. The van der Waals surface area contributed by atoms with Crippen molar-refractivity contribution in [2.24, 2.45) is 5.73 Å². The molecule has 0 fully saturated rings. The summed E-state index contributed by atoms with van der Waals surface area (Å²) >= 11 is 0. The molecule has 0 saturated heterocycles. The third-order valence-corrected chi connectivity index (χ3v) is 2.95. The predicted molar refractivity (Wildman–Crippen MR) is 81.7 cm³/mol. The first-order chi connectivity index (χ1) is 9.83. The highest BCUT2D eigenvalue weighted by Gasteiger charge is 2.03. The van der Waals surface area contributed by atoms with Crippen LogP contribution >= 0.6 is 0 Å². The third kappa shape index (κ3) is 3.96. The van der Waals surface area contributed by atoms with Crippen molar-refractivity contribution in [3.63, 3.8) is 0 Å². The number of nitrogens with zero attached hydrogens (tertiary/aromatic N) is 1. The van der Waals surface area contributed by atoms with Crippen LogP contribution in [0.1, 0.15) is 24.5 Å². The molecule has 2 rings (SSSR count). The first-order valence-electron chi connectivity index (χ1n) is 6.93. The zero-order valence-corrected chi connectivity index (χ0v) is 11.8. The Hall–Kier alpha value is -2.07. The molecule has 0 unspecified atom stereocenters. The zero-order valence-electron chi connectivity index (χ0n) is 11.8. The highest BCUT2D eigenvalue weighted by atomic mass is 16.5. The first kappa shape index (κ1) is 14.3. The smallest absolute Gasteiger partial charge is 0.169 e. The third-order valence-electron chi connectivity index (χ3n) is 2.95. The standard InChI is InChI=1S/C16H21N3O/c1-2-10-20-15-4-3-9-18-16(15)19-12-14-7-5-13(11-17)6-8-14/h3-9H,2,10-12,17H2,1H3,(H,18,19). The molecule has 1 aromatic carbocycles. The van der Waals surface area contributed by atoms with Gasteiger partial charge in [0, 0.05) is 19.3 Å². The normalized spacial score (nSPS) is 10.3. The summed E-state index contributed by atoms with van der Waals surface area (Å²) < 4.78 is 5.67. The molecule has 0 radical (unpaired) electrons. The molecule has 0 aliphatic carbocycles. The maximum absolute atomic E-state index is 5.67. The number of anilines is 1. The second kappa shape index (κ2) is 7.50. The molecule has 20 heavy (non-hydrogen) atoms. The highest BCUT2D eigenvalue weighted by Crippen LogP contribution is 2.21. The van der Waals surface area contributed by atoms with Gasteiger partial charge in [-0.1, -0.05) is 31.2 Å². The largest absolute Gasteiger partial charge is 0.490 e. The minimum atomic E-state index is 0.572. The van der Waals surface area contributed by atoms with Crippen molar-refractivity contribution >= 4 is 5.82 Å². The number of hydrogen-bond donors (Lipinski definition) is 2. The first-order valence-corrected chi connectivity index (χ1v) is 6.93. The van der Waals surface area contributed by atoms with E-state index in [0.29, 0.717) is 19.7 Å². The van der Waals surface area contributed by atoms with Gasteiger partial charge in [0.2, 0.25) is 0 Å². The van der Waals surface area contributed by atoms with Gasteiger partial charge in [-0.15, -0.1) is 0 Å². The van der Waals surface area contributed by atoms with Crippen LogP contribution in [0, 0.1) is 0 Å². The monoisotopic (exact) mass is 271 g/mol. The Morgan fingerprint density at radius 1 is 1.15 bits per heavy atom. The van der Waals surface area contributed by atoms with E-state index in [1.54, 1.807) is 6.20 Å². The van der Waals surface area contributed by atoms with Crippen LogP contribution in [0.5, 0.6) is 5.75 Å². The zero-order chi connectivity index (χ0) is 14.2. The highest BCUT2D eigenvalue weighted by molar-refractivity contribution is 5.49. The van der Waals surface area contributed by atoms with Gasteiger partial charge in [0.15, 0.2) is 11.6 Å². The second-order valence-electron chi connectivity index (χ2n) is 4.57. The van der Waals surface area contributed by atoms with Gasteiger partial charge < -0.3 is 15.8 Å². The predicted octanol–water partition coefficient (Wildman–Crippen LogP) is 2.94. The summed E-state index contributed by atoms with van der Waals surface area (Å²) in [6.45, 7) is 4.07. The number of aromatic nitrogens is 1. The molecule has 1 aromatic heterocycles. The molecule has 4 heteroatoms. The van der Waals surface area contributed by atoms with Crippen LogP contribution in [0.15, 0.2) is 42.6 Å². The fourth-order valence-electron chi connectivity index (χ4n) is 1.83. The van der Waals surface area contributed by atoms with Crippen molar-refractivity contribution in [1.82, 2.24) is 4.98 Å². The average Bonchev–Trinajstić information content (AvgIpc) is 2.52. The van der Waals surface area contributed by atoms with E-state index >= 15 is 0 Å². The van der Waals surface area contributed by atoms with E-state index in [-0.39, 0.29) is 0 Å². The molecule has 106 valence electrons.